The van der Waals surface area contributed by atoms with Gasteiger partial charge in [0.25, 0.3) is 0 Å². The van der Waals surface area contributed by atoms with Gasteiger partial charge >= 0.3 is 0 Å². The van der Waals surface area contributed by atoms with Crippen LogP contribution < -0.4 is 0 Å². The standard InChI is InChI=1S/C31H42N2O2S2/c1-30(2,3)23-15-21(28(34)26(17-23)36-7)19-33(14-12-25-11-9-10-13-32-25)20-22-16-24(31(4,5)6)18-27(37-8)29(22)35/h9-11,13,15-18,34-35H,12,14,19-20H2,1-8H3. The van der Waals surface area contributed by atoms with Gasteiger partial charge in [-0.15, -0.1) is 23.5 Å². The van der Waals surface area contributed by atoms with Crippen molar-refractivity contribution in [1.82, 2.24) is 9.88 Å². The van der Waals surface area contributed by atoms with Gasteiger partial charge in [-0.3, -0.25) is 9.88 Å². The van der Waals surface area contributed by atoms with Crippen molar-refractivity contribution in [2.45, 2.75) is 81.7 Å². The maximum atomic E-state index is 11.2. The van der Waals surface area contributed by atoms with Crippen molar-refractivity contribution in [3.05, 3.63) is 76.6 Å². The quantitative estimate of drug-likeness (QED) is 0.271. The largest absolute Gasteiger partial charge is 0.506 e. The lowest BCUT2D eigenvalue weighted by Gasteiger charge is -2.28. The molecule has 0 atom stereocenters. The van der Waals surface area contributed by atoms with Crippen LogP contribution in [0.25, 0.3) is 0 Å². The molecule has 0 saturated carbocycles. The number of phenols is 2. The average molecular weight is 539 g/mol. The van der Waals surface area contributed by atoms with Crippen LogP contribution in [0.2, 0.25) is 0 Å². The topological polar surface area (TPSA) is 56.6 Å². The maximum absolute atomic E-state index is 11.2. The lowest BCUT2D eigenvalue weighted by molar-refractivity contribution is 0.250. The second-order valence-corrected chi connectivity index (χ2v) is 13.4. The Bertz CT molecular complexity index is 1130. The fourth-order valence-corrected chi connectivity index (χ4v) is 5.40. The summed E-state index contributed by atoms with van der Waals surface area (Å²) in [6, 6.07) is 14.5. The Morgan fingerprint density at radius 2 is 1.24 bits per heavy atom. The summed E-state index contributed by atoms with van der Waals surface area (Å²) in [5.41, 5.74) is 5.20. The fourth-order valence-electron chi connectivity index (χ4n) is 4.26. The van der Waals surface area contributed by atoms with Crippen LogP contribution in [0.1, 0.15) is 69.5 Å². The highest BCUT2D eigenvalue weighted by molar-refractivity contribution is 7.99. The SMILES string of the molecule is CSc1cc(C(C)(C)C)cc(CN(CCc2ccccn2)Cc2cc(C(C)(C)C)cc(SC)c2O)c1O. The molecule has 0 bridgehead atoms. The number of benzene rings is 2. The van der Waals surface area contributed by atoms with Gasteiger partial charge in [0.2, 0.25) is 0 Å². The number of pyridine rings is 1. The molecule has 2 aromatic carbocycles. The van der Waals surface area contributed by atoms with E-state index in [9.17, 15) is 10.2 Å². The molecule has 200 valence electrons. The van der Waals surface area contributed by atoms with Crippen LogP contribution in [0.15, 0.2) is 58.5 Å². The van der Waals surface area contributed by atoms with Gasteiger partial charge < -0.3 is 10.2 Å². The zero-order chi connectivity index (χ0) is 27.4. The molecule has 6 heteroatoms. The lowest BCUT2D eigenvalue weighted by atomic mass is 9.85. The molecule has 3 aromatic rings. The Morgan fingerprint density at radius 3 is 1.62 bits per heavy atom. The summed E-state index contributed by atoms with van der Waals surface area (Å²) >= 11 is 3.14. The molecule has 1 heterocycles. The monoisotopic (exact) mass is 538 g/mol. The molecule has 4 nitrogen and oxygen atoms in total. The summed E-state index contributed by atoms with van der Waals surface area (Å²) in [5, 5.41) is 22.3. The Labute approximate surface area is 231 Å². The summed E-state index contributed by atoms with van der Waals surface area (Å²) in [5.74, 6) is 0.696. The first-order valence-electron chi connectivity index (χ1n) is 12.8. The summed E-state index contributed by atoms with van der Waals surface area (Å²) in [6.07, 6.45) is 6.62. The zero-order valence-corrected chi connectivity index (χ0v) is 25.2. The van der Waals surface area contributed by atoms with Crippen molar-refractivity contribution < 1.29 is 10.2 Å². The predicted octanol–water partition coefficient (Wildman–Crippen LogP) is 7.78. The minimum absolute atomic E-state index is 0.0295. The third-order valence-corrected chi connectivity index (χ3v) is 8.18. The van der Waals surface area contributed by atoms with E-state index in [0.29, 0.717) is 24.6 Å². The second kappa shape index (κ2) is 12.1. The number of thioether (sulfide) groups is 2. The van der Waals surface area contributed by atoms with Crippen molar-refractivity contribution >= 4 is 23.5 Å². The number of hydrogen-bond donors (Lipinski definition) is 2. The van der Waals surface area contributed by atoms with Crippen LogP contribution in [-0.2, 0) is 30.3 Å². The molecule has 0 unspecified atom stereocenters. The van der Waals surface area contributed by atoms with Crippen molar-refractivity contribution in [2.24, 2.45) is 0 Å². The molecule has 1 aromatic heterocycles. The molecule has 3 rings (SSSR count). The minimum atomic E-state index is -0.0295. The van der Waals surface area contributed by atoms with Crippen LogP contribution in [0, 0.1) is 0 Å². The van der Waals surface area contributed by atoms with Crippen molar-refractivity contribution in [3.8, 4) is 11.5 Å². The maximum Gasteiger partial charge on any atom is 0.133 e. The van der Waals surface area contributed by atoms with E-state index in [2.05, 4.69) is 75.7 Å². The summed E-state index contributed by atoms with van der Waals surface area (Å²) < 4.78 is 0. The number of aromatic nitrogens is 1. The molecule has 0 aliphatic carbocycles. The highest BCUT2D eigenvalue weighted by Gasteiger charge is 2.23. The second-order valence-electron chi connectivity index (χ2n) is 11.7. The van der Waals surface area contributed by atoms with Gasteiger partial charge in [-0.25, -0.2) is 0 Å². The first-order chi connectivity index (χ1) is 17.3. The van der Waals surface area contributed by atoms with E-state index in [1.807, 2.05) is 36.9 Å². The molecule has 0 saturated heterocycles. The smallest absolute Gasteiger partial charge is 0.133 e. The normalized spacial score (nSPS) is 12.4. The molecular formula is C31H42N2O2S2. The Morgan fingerprint density at radius 1 is 0.757 bits per heavy atom. The minimum Gasteiger partial charge on any atom is -0.506 e. The Kier molecular flexibility index (Phi) is 9.65. The summed E-state index contributed by atoms with van der Waals surface area (Å²) in [7, 11) is 0. The molecule has 0 spiro atoms. The van der Waals surface area contributed by atoms with Gasteiger partial charge in [-0.1, -0.05) is 59.7 Å². The molecule has 2 N–H and O–H groups in total. The Balaban J connectivity index is 2.03. The number of hydrogen-bond acceptors (Lipinski definition) is 6. The number of phenolic OH excluding ortho intramolecular Hbond substituents is 2. The zero-order valence-electron chi connectivity index (χ0n) is 23.6. The van der Waals surface area contributed by atoms with Crippen molar-refractivity contribution in [2.75, 3.05) is 19.1 Å². The Hall–Kier alpha value is -2.15. The van der Waals surface area contributed by atoms with Crippen molar-refractivity contribution in [1.29, 1.82) is 0 Å². The van der Waals surface area contributed by atoms with Crippen LogP contribution in [0.5, 0.6) is 11.5 Å². The van der Waals surface area contributed by atoms with Gasteiger partial charge in [0.1, 0.15) is 11.5 Å². The van der Waals surface area contributed by atoms with Gasteiger partial charge in [0, 0.05) is 58.9 Å². The van der Waals surface area contributed by atoms with Gasteiger partial charge in [-0.2, -0.15) is 0 Å². The number of nitrogens with zero attached hydrogens (tertiary/aromatic N) is 2. The van der Waals surface area contributed by atoms with Crippen LogP contribution >= 0.6 is 23.5 Å². The van der Waals surface area contributed by atoms with E-state index in [1.54, 1.807) is 23.5 Å². The van der Waals surface area contributed by atoms with Crippen LogP contribution in [0.3, 0.4) is 0 Å². The summed E-state index contributed by atoms with van der Waals surface area (Å²) in [4.78, 5) is 8.62. The van der Waals surface area contributed by atoms with E-state index in [1.165, 1.54) is 11.1 Å². The van der Waals surface area contributed by atoms with E-state index in [4.69, 9.17) is 0 Å². The van der Waals surface area contributed by atoms with Crippen molar-refractivity contribution in [3.63, 3.8) is 0 Å². The third-order valence-electron chi connectivity index (χ3n) is 6.68. The summed E-state index contributed by atoms with van der Waals surface area (Å²) in [6.45, 7) is 15.1. The highest BCUT2D eigenvalue weighted by Crippen LogP contribution is 2.39. The van der Waals surface area contributed by atoms with E-state index < -0.39 is 0 Å². The first kappa shape index (κ1) is 29.4. The van der Waals surface area contributed by atoms with E-state index in [-0.39, 0.29) is 10.8 Å². The molecule has 0 fully saturated rings. The number of rotatable bonds is 9. The molecular weight excluding hydrogens is 496 g/mol. The highest BCUT2D eigenvalue weighted by atomic mass is 32.2. The van der Waals surface area contributed by atoms with Crippen LogP contribution in [-0.4, -0.2) is 39.2 Å². The van der Waals surface area contributed by atoms with Crippen LogP contribution in [0.4, 0.5) is 0 Å². The first-order valence-corrected chi connectivity index (χ1v) is 15.2. The van der Waals surface area contributed by atoms with Gasteiger partial charge in [0.05, 0.1) is 0 Å². The third kappa shape index (κ3) is 7.68. The predicted molar refractivity (Wildman–Crippen MR) is 159 cm³/mol. The van der Waals surface area contributed by atoms with Gasteiger partial charge in [-0.05, 0) is 58.7 Å². The van der Waals surface area contributed by atoms with E-state index >= 15 is 0 Å². The molecule has 37 heavy (non-hydrogen) atoms. The lowest BCUT2D eigenvalue weighted by Crippen LogP contribution is -2.26. The molecule has 0 amide bonds. The van der Waals surface area contributed by atoms with E-state index in [0.717, 1.165) is 39.6 Å². The van der Waals surface area contributed by atoms with Gasteiger partial charge in [0.15, 0.2) is 0 Å². The molecule has 0 radical (unpaired) electrons. The molecule has 0 aliphatic rings. The number of aromatic hydroxyl groups is 2. The average Bonchev–Trinajstić information content (AvgIpc) is 2.84. The molecule has 0 aliphatic heterocycles. The fraction of sp³-hybridized carbons (Fsp3) is 0.452.